The van der Waals surface area contributed by atoms with Crippen molar-refractivity contribution < 1.29 is 0 Å². The Hall–Kier alpha value is -2.68. The summed E-state index contributed by atoms with van der Waals surface area (Å²) in [5.41, 5.74) is 18.5. The summed E-state index contributed by atoms with van der Waals surface area (Å²) in [7, 11) is 0. The van der Waals surface area contributed by atoms with Crippen LogP contribution in [0.3, 0.4) is 0 Å². The SMILES string of the molecule is NCc1cccc(C=C(c2ccccc2)c2cccc(CN)c2)c1. The molecule has 3 aromatic carbocycles. The quantitative estimate of drug-likeness (QED) is 0.694. The molecule has 3 aromatic rings. The highest BCUT2D eigenvalue weighted by atomic mass is 14.5. The number of benzene rings is 3. The third-order valence-electron chi connectivity index (χ3n) is 4.06. The maximum absolute atomic E-state index is 5.81. The zero-order valence-electron chi connectivity index (χ0n) is 13.7. The highest BCUT2D eigenvalue weighted by Gasteiger charge is 2.06. The second-order valence-corrected chi connectivity index (χ2v) is 5.78. The topological polar surface area (TPSA) is 52.0 Å². The highest BCUT2D eigenvalue weighted by Crippen LogP contribution is 2.27. The average Bonchev–Trinajstić information content (AvgIpc) is 2.67. The van der Waals surface area contributed by atoms with Gasteiger partial charge in [0.15, 0.2) is 0 Å². The third-order valence-corrected chi connectivity index (χ3v) is 4.06. The van der Waals surface area contributed by atoms with Gasteiger partial charge in [-0.25, -0.2) is 0 Å². The molecule has 0 unspecified atom stereocenters. The predicted molar refractivity (Wildman–Crippen MR) is 102 cm³/mol. The van der Waals surface area contributed by atoms with Crippen LogP contribution in [0.2, 0.25) is 0 Å². The van der Waals surface area contributed by atoms with Crippen molar-refractivity contribution in [2.24, 2.45) is 11.5 Å². The molecule has 24 heavy (non-hydrogen) atoms. The van der Waals surface area contributed by atoms with E-state index < -0.39 is 0 Å². The number of nitrogens with two attached hydrogens (primary N) is 2. The average molecular weight is 314 g/mol. The van der Waals surface area contributed by atoms with Gasteiger partial charge in [0.25, 0.3) is 0 Å². The van der Waals surface area contributed by atoms with Gasteiger partial charge in [-0.1, -0.05) is 72.8 Å². The smallest absolute Gasteiger partial charge is 0.0178 e. The summed E-state index contributed by atoms with van der Waals surface area (Å²) in [5.74, 6) is 0. The van der Waals surface area contributed by atoms with Gasteiger partial charge in [-0.15, -0.1) is 0 Å². The predicted octanol–water partition coefficient (Wildman–Crippen LogP) is 4.19. The first-order valence-corrected chi connectivity index (χ1v) is 8.15. The Morgan fingerprint density at radius 3 is 2.00 bits per heavy atom. The molecule has 2 nitrogen and oxygen atoms in total. The zero-order chi connectivity index (χ0) is 16.8. The molecule has 0 aromatic heterocycles. The first kappa shape index (κ1) is 16.2. The van der Waals surface area contributed by atoms with Crippen molar-refractivity contribution in [1.82, 2.24) is 0 Å². The molecule has 0 atom stereocenters. The first-order chi connectivity index (χ1) is 11.8. The molecule has 0 radical (unpaired) electrons. The lowest BCUT2D eigenvalue weighted by molar-refractivity contribution is 1.07. The molecule has 0 fully saturated rings. The molecule has 0 bridgehead atoms. The molecule has 0 spiro atoms. The van der Waals surface area contributed by atoms with E-state index in [2.05, 4.69) is 72.8 Å². The Labute approximate surface area is 143 Å². The minimum Gasteiger partial charge on any atom is -0.326 e. The standard InChI is InChI=1S/C22H22N2/c23-15-18-7-4-6-17(12-18)14-22(20-9-2-1-3-10-20)21-11-5-8-19(13-21)16-24/h1-14H,15-16,23-24H2. The van der Waals surface area contributed by atoms with Gasteiger partial charge >= 0.3 is 0 Å². The second kappa shape index (κ2) is 7.73. The van der Waals surface area contributed by atoms with E-state index in [1.807, 2.05) is 12.1 Å². The Morgan fingerprint density at radius 1 is 0.667 bits per heavy atom. The van der Waals surface area contributed by atoms with E-state index in [-0.39, 0.29) is 0 Å². The second-order valence-electron chi connectivity index (χ2n) is 5.78. The Morgan fingerprint density at radius 2 is 1.29 bits per heavy atom. The van der Waals surface area contributed by atoms with Crippen LogP contribution in [0.1, 0.15) is 27.8 Å². The lowest BCUT2D eigenvalue weighted by Crippen LogP contribution is -1.98. The van der Waals surface area contributed by atoms with Crippen molar-refractivity contribution in [2.75, 3.05) is 0 Å². The fourth-order valence-corrected chi connectivity index (χ4v) is 2.79. The molecule has 4 N–H and O–H groups in total. The van der Waals surface area contributed by atoms with Crippen molar-refractivity contribution in [3.63, 3.8) is 0 Å². The summed E-state index contributed by atoms with van der Waals surface area (Å²) in [4.78, 5) is 0. The van der Waals surface area contributed by atoms with Crippen molar-refractivity contribution in [3.05, 3.63) is 107 Å². The summed E-state index contributed by atoms with van der Waals surface area (Å²) in [6, 6.07) is 27.2. The minimum atomic E-state index is 0.540. The van der Waals surface area contributed by atoms with E-state index in [1.165, 1.54) is 16.7 Å². The highest BCUT2D eigenvalue weighted by molar-refractivity contribution is 5.91. The molecule has 0 aliphatic rings. The van der Waals surface area contributed by atoms with Gasteiger partial charge in [-0.3, -0.25) is 0 Å². The van der Waals surface area contributed by atoms with Crippen LogP contribution >= 0.6 is 0 Å². The Balaban J connectivity index is 2.13. The lowest BCUT2D eigenvalue weighted by atomic mass is 9.94. The van der Waals surface area contributed by atoms with Crippen molar-refractivity contribution in [2.45, 2.75) is 13.1 Å². The van der Waals surface area contributed by atoms with E-state index in [4.69, 9.17) is 11.5 Å². The maximum atomic E-state index is 5.81. The fraction of sp³-hybridized carbons (Fsp3) is 0.0909. The number of rotatable bonds is 5. The van der Waals surface area contributed by atoms with E-state index in [9.17, 15) is 0 Å². The van der Waals surface area contributed by atoms with E-state index in [0.717, 1.165) is 16.7 Å². The van der Waals surface area contributed by atoms with Crippen LogP contribution in [0.25, 0.3) is 11.6 Å². The van der Waals surface area contributed by atoms with Crippen LogP contribution in [0.5, 0.6) is 0 Å². The van der Waals surface area contributed by atoms with Gasteiger partial charge < -0.3 is 11.5 Å². The number of hydrogen-bond acceptors (Lipinski definition) is 2. The third kappa shape index (κ3) is 3.80. The summed E-state index contributed by atoms with van der Waals surface area (Å²) in [5, 5.41) is 0. The summed E-state index contributed by atoms with van der Waals surface area (Å²) in [6.45, 7) is 1.09. The van der Waals surface area contributed by atoms with Crippen LogP contribution in [0, 0.1) is 0 Å². The molecule has 3 rings (SSSR count). The first-order valence-electron chi connectivity index (χ1n) is 8.15. The molecular weight excluding hydrogens is 292 g/mol. The number of hydrogen-bond donors (Lipinski definition) is 2. The van der Waals surface area contributed by atoms with Crippen molar-refractivity contribution in [1.29, 1.82) is 0 Å². The van der Waals surface area contributed by atoms with Crippen molar-refractivity contribution in [3.8, 4) is 0 Å². The van der Waals surface area contributed by atoms with Crippen LogP contribution in [-0.2, 0) is 13.1 Å². The van der Waals surface area contributed by atoms with Crippen LogP contribution in [0.15, 0.2) is 78.9 Å². The van der Waals surface area contributed by atoms with Gasteiger partial charge in [-0.05, 0) is 45.5 Å². The van der Waals surface area contributed by atoms with E-state index in [0.29, 0.717) is 13.1 Å². The normalized spacial score (nSPS) is 11.5. The van der Waals surface area contributed by atoms with Gasteiger partial charge in [-0.2, -0.15) is 0 Å². The molecule has 0 amide bonds. The summed E-state index contributed by atoms with van der Waals surface area (Å²) in [6.07, 6.45) is 2.21. The molecule has 2 heteroatoms. The molecule has 0 aliphatic carbocycles. The molecule has 0 saturated carbocycles. The van der Waals surface area contributed by atoms with Crippen LogP contribution in [0.4, 0.5) is 0 Å². The van der Waals surface area contributed by atoms with Crippen molar-refractivity contribution >= 4 is 11.6 Å². The van der Waals surface area contributed by atoms with Crippen LogP contribution in [-0.4, -0.2) is 0 Å². The fourth-order valence-electron chi connectivity index (χ4n) is 2.79. The lowest BCUT2D eigenvalue weighted by Gasteiger charge is -2.11. The summed E-state index contributed by atoms with van der Waals surface area (Å²) < 4.78 is 0. The molecule has 0 saturated heterocycles. The van der Waals surface area contributed by atoms with Gasteiger partial charge in [0.2, 0.25) is 0 Å². The van der Waals surface area contributed by atoms with E-state index in [1.54, 1.807) is 0 Å². The summed E-state index contributed by atoms with van der Waals surface area (Å²) >= 11 is 0. The molecule has 0 aliphatic heterocycles. The van der Waals surface area contributed by atoms with Crippen LogP contribution < -0.4 is 11.5 Å². The minimum absolute atomic E-state index is 0.540. The maximum Gasteiger partial charge on any atom is 0.0178 e. The monoisotopic (exact) mass is 314 g/mol. The molecule has 120 valence electrons. The van der Waals surface area contributed by atoms with Gasteiger partial charge in [0.1, 0.15) is 0 Å². The zero-order valence-corrected chi connectivity index (χ0v) is 13.7. The Bertz CT molecular complexity index is 835. The Kier molecular flexibility index (Phi) is 5.22. The van der Waals surface area contributed by atoms with Gasteiger partial charge in [0.05, 0.1) is 0 Å². The largest absolute Gasteiger partial charge is 0.326 e. The molecular formula is C22H22N2. The van der Waals surface area contributed by atoms with Gasteiger partial charge in [0, 0.05) is 13.1 Å². The van der Waals surface area contributed by atoms with E-state index >= 15 is 0 Å². The molecule has 0 heterocycles.